The molecule has 0 aliphatic carbocycles. The minimum atomic E-state index is -4.46. The molecule has 0 bridgehead atoms. The van der Waals surface area contributed by atoms with E-state index in [2.05, 4.69) is 9.47 Å². The number of carbonyl (C=O) groups is 3. The number of nitrogens with zero attached hydrogens (tertiary/aromatic N) is 1. The molecule has 0 saturated heterocycles. The number of carbonyl (C=O) groups excluding carboxylic acids is 3. The molecule has 1 rings (SSSR count). The van der Waals surface area contributed by atoms with Gasteiger partial charge in [0.1, 0.15) is 37.4 Å². The Labute approximate surface area is 199 Å². The Kier molecular flexibility index (Phi) is 11.5. The highest BCUT2D eigenvalue weighted by molar-refractivity contribution is 7.86. The third kappa shape index (κ3) is 13.2. The molecule has 0 radical (unpaired) electrons. The van der Waals surface area contributed by atoms with E-state index in [9.17, 15) is 41.3 Å². The van der Waals surface area contributed by atoms with Gasteiger partial charge in [-0.15, -0.1) is 0 Å². The predicted molar refractivity (Wildman–Crippen MR) is 114 cm³/mol. The van der Waals surface area contributed by atoms with Gasteiger partial charge in [0.25, 0.3) is 25.9 Å². The Bertz CT molecular complexity index is 1130. The summed E-state index contributed by atoms with van der Waals surface area (Å²) in [4.78, 5) is 46.4. The number of esters is 2. The first kappa shape index (κ1) is 29.7. The Morgan fingerprint density at radius 2 is 1.54 bits per heavy atom. The van der Waals surface area contributed by atoms with Crippen molar-refractivity contribution in [1.82, 2.24) is 5.32 Å². The number of alkyl carbamates (subject to hydrolysis) is 1. The molecule has 0 aliphatic rings. The first-order valence-electron chi connectivity index (χ1n) is 9.56. The second-order valence-electron chi connectivity index (χ2n) is 6.66. The lowest BCUT2D eigenvalue weighted by molar-refractivity contribution is -0.385. The van der Waals surface area contributed by atoms with Crippen LogP contribution in [0, 0.1) is 10.1 Å². The summed E-state index contributed by atoms with van der Waals surface area (Å²) in [5, 5.41) is 13.0. The van der Waals surface area contributed by atoms with E-state index >= 15 is 0 Å². The monoisotopic (exact) mass is 542 g/mol. The van der Waals surface area contributed by atoms with Crippen LogP contribution < -0.4 is 5.32 Å². The largest absolute Gasteiger partial charge is 0.463 e. The van der Waals surface area contributed by atoms with Crippen LogP contribution in [-0.4, -0.2) is 79.7 Å². The van der Waals surface area contributed by atoms with Crippen molar-refractivity contribution in [3.05, 3.63) is 39.9 Å². The van der Waals surface area contributed by atoms with E-state index in [0.29, 0.717) is 0 Å². The van der Waals surface area contributed by atoms with Gasteiger partial charge < -0.3 is 19.5 Å². The molecule has 18 heteroatoms. The number of rotatable bonds is 14. The van der Waals surface area contributed by atoms with Crippen molar-refractivity contribution < 1.29 is 59.5 Å². The van der Waals surface area contributed by atoms with E-state index in [1.807, 2.05) is 5.32 Å². The van der Waals surface area contributed by atoms with Gasteiger partial charge >= 0.3 is 18.0 Å². The smallest absolute Gasteiger partial charge is 0.407 e. The maximum atomic E-state index is 12.2. The second kappa shape index (κ2) is 13.5. The summed E-state index contributed by atoms with van der Waals surface area (Å²) in [6.45, 7) is -2.01. The minimum Gasteiger partial charge on any atom is -0.463 e. The molecule has 0 aromatic heterocycles. The zero-order valence-corrected chi connectivity index (χ0v) is 19.5. The fraction of sp³-hybridized carbons (Fsp3) is 0.471. The summed E-state index contributed by atoms with van der Waals surface area (Å²) in [6, 6.07) is 3.90. The van der Waals surface area contributed by atoms with E-state index in [1.54, 1.807) is 0 Å². The number of nitro benzene ring substituents is 1. The molecule has 1 aromatic rings. The highest BCUT2D eigenvalue weighted by Crippen LogP contribution is 2.18. The molecule has 0 fully saturated rings. The highest BCUT2D eigenvalue weighted by Gasteiger charge is 2.25. The Morgan fingerprint density at radius 1 is 0.971 bits per heavy atom. The van der Waals surface area contributed by atoms with E-state index in [-0.39, 0.29) is 11.3 Å². The van der Waals surface area contributed by atoms with Crippen LogP contribution in [0.5, 0.6) is 0 Å². The van der Waals surface area contributed by atoms with Gasteiger partial charge in [0.2, 0.25) is 0 Å². The van der Waals surface area contributed by atoms with Crippen molar-refractivity contribution in [1.29, 1.82) is 0 Å². The van der Waals surface area contributed by atoms with Gasteiger partial charge in [-0.1, -0.05) is 12.1 Å². The second-order valence-corrected chi connectivity index (χ2v) is 9.80. The molecule has 0 saturated carbocycles. The van der Waals surface area contributed by atoms with Gasteiger partial charge in [-0.05, 0) is 12.5 Å². The number of nitrogens with one attached hydrogen (secondary N) is 1. The Morgan fingerprint density at radius 3 is 2.11 bits per heavy atom. The van der Waals surface area contributed by atoms with Crippen molar-refractivity contribution in [2.24, 2.45) is 0 Å². The van der Waals surface area contributed by atoms with Crippen molar-refractivity contribution >= 4 is 44.0 Å². The van der Waals surface area contributed by atoms with Gasteiger partial charge in [0.15, 0.2) is 0 Å². The fourth-order valence-corrected chi connectivity index (χ4v) is 2.91. The van der Waals surface area contributed by atoms with Crippen LogP contribution in [0.3, 0.4) is 0 Å². The molecule has 35 heavy (non-hydrogen) atoms. The Hall–Kier alpha value is -3.35. The zero-order chi connectivity index (χ0) is 26.6. The molecule has 0 aliphatic heterocycles. The summed E-state index contributed by atoms with van der Waals surface area (Å²) < 4.78 is 74.1. The number of hydrogen-bond acceptors (Lipinski definition) is 12. The summed E-state index contributed by atoms with van der Waals surface area (Å²) in [7, 11) is -8.89. The molecule has 1 amide bonds. The first-order valence-corrected chi connectivity index (χ1v) is 12.8. The van der Waals surface area contributed by atoms with E-state index in [1.165, 1.54) is 24.3 Å². The lowest BCUT2D eigenvalue weighted by atomic mass is 10.1. The number of para-hydroxylation sites is 1. The predicted octanol–water partition coefficient (Wildman–Crippen LogP) is -0.168. The third-order valence-electron chi connectivity index (χ3n) is 3.95. The first-order chi connectivity index (χ1) is 16.2. The summed E-state index contributed by atoms with van der Waals surface area (Å²) >= 11 is 0. The van der Waals surface area contributed by atoms with Gasteiger partial charge in [-0.25, -0.2) is 9.59 Å². The quantitative estimate of drug-likeness (QED) is 0.0908. The molecule has 16 nitrogen and oxygen atoms in total. The number of amides is 1. The van der Waals surface area contributed by atoms with Crippen molar-refractivity contribution in [2.75, 3.05) is 24.7 Å². The SMILES string of the molecule is O=C(CCC(NC(=O)OCCS(=O)(=O)O)C(=O)OCCS(=O)(=O)O)OCc1ccccc1[N+](=O)[O-]. The van der Waals surface area contributed by atoms with E-state index in [4.69, 9.17) is 13.8 Å². The molecule has 3 N–H and O–H groups in total. The van der Waals surface area contributed by atoms with Crippen LogP contribution in [0.15, 0.2) is 24.3 Å². The zero-order valence-electron chi connectivity index (χ0n) is 17.9. The lowest BCUT2D eigenvalue weighted by Crippen LogP contribution is -2.43. The van der Waals surface area contributed by atoms with Crippen molar-refractivity contribution in [3.63, 3.8) is 0 Å². The van der Waals surface area contributed by atoms with Gasteiger partial charge in [0, 0.05) is 12.5 Å². The van der Waals surface area contributed by atoms with Gasteiger partial charge in [0.05, 0.1) is 10.5 Å². The van der Waals surface area contributed by atoms with Crippen LogP contribution in [0.25, 0.3) is 0 Å². The molecule has 0 heterocycles. The van der Waals surface area contributed by atoms with E-state index in [0.717, 1.165) is 0 Å². The number of hydrogen-bond donors (Lipinski definition) is 3. The highest BCUT2D eigenvalue weighted by atomic mass is 32.2. The van der Waals surface area contributed by atoms with Gasteiger partial charge in [-0.3, -0.25) is 24.0 Å². The van der Waals surface area contributed by atoms with Crippen molar-refractivity contribution in [2.45, 2.75) is 25.5 Å². The lowest BCUT2D eigenvalue weighted by Gasteiger charge is -2.17. The average molecular weight is 542 g/mol. The van der Waals surface area contributed by atoms with Crippen LogP contribution in [0.2, 0.25) is 0 Å². The number of ether oxygens (including phenoxy) is 3. The fourth-order valence-electron chi connectivity index (χ4n) is 2.32. The van der Waals surface area contributed by atoms with Crippen LogP contribution in [0.4, 0.5) is 10.5 Å². The van der Waals surface area contributed by atoms with Crippen LogP contribution in [0.1, 0.15) is 18.4 Å². The van der Waals surface area contributed by atoms with E-state index < -0.39 is 93.4 Å². The number of nitro groups is 1. The summed E-state index contributed by atoms with van der Waals surface area (Å²) in [5.41, 5.74) is -0.178. The van der Waals surface area contributed by atoms with Crippen LogP contribution in [-0.2, 0) is 50.6 Å². The van der Waals surface area contributed by atoms with Crippen LogP contribution >= 0.6 is 0 Å². The summed E-state index contributed by atoms with van der Waals surface area (Å²) in [6.07, 6.45) is -2.28. The minimum absolute atomic E-state index is 0.104. The number of benzene rings is 1. The maximum absolute atomic E-state index is 12.2. The molecule has 1 atom stereocenters. The maximum Gasteiger partial charge on any atom is 0.407 e. The summed E-state index contributed by atoms with van der Waals surface area (Å²) in [5.74, 6) is -4.00. The molecule has 1 aromatic carbocycles. The molecule has 196 valence electrons. The van der Waals surface area contributed by atoms with Gasteiger partial charge in [-0.2, -0.15) is 16.8 Å². The van der Waals surface area contributed by atoms with Crippen molar-refractivity contribution in [3.8, 4) is 0 Å². The average Bonchev–Trinajstić information content (AvgIpc) is 2.73. The third-order valence-corrected chi connectivity index (χ3v) is 5.32. The Balaban J connectivity index is 2.71. The topological polar surface area (TPSA) is 243 Å². The normalized spacial score (nSPS) is 12.3. The molecule has 1 unspecified atom stereocenters. The molecule has 0 spiro atoms. The standard InChI is InChI=1S/C17H22N2O14S2/c20-15(33-11-12-3-1-2-4-14(12)19(23)24)6-5-13(16(21)31-7-9-34(25,26)27)18-17(22)32-8-10-35(28,29)30/h1-4,13H,5-11H2,(H,18,22)(H,25,26,27)(H,28,29,30). The molecular formula is C17H22N2O14S2. The molecular weight excluding hydrogens is 520 g/mol.